The lowest BCUT2D eigenvalue weighted by atomic mass is 9.78. The number of carboxylic acid groups (broad SMARTS) is 1. The molecule has 6 heteroatoms. The summed E-state index contributed by atoms with van der Waals surface area (Å²) in [6.45, 7) is 7.02. The molecule has 0 bridgehead atoms. The summed E-state index contributed by atoms with van der Waals surface area (Å²) in [7, 11) is 0. The van der Waals surface area contributed by atoms with E-state index in [4.69, 9.17) is 9.84 Å². The van der Waals surface area contributed by atoms with Crippen molar-refractivity contribution in [3.8, 4) is 0 Å². The molecular formula is C12H21NO5. The first-order valence-corrected chi connectivity index (χ1v) is 5.95. The predicted molar refractivity (Wildman–Crippen MR) is 64.2 cm³/mol. The highest BCUT2D eigenvalue weighted by Crippen LogP contribution is 2.32. The zero-order valence-corrected chi connectivity index (χ0v) is 11.3. The van der Waals surface area contributed by atoms with E-state index in [0.29, 0.717) is 0 Å². The van der Waals surface area contributed by atoms with Crippen LogP contribution in [0.1, 0.15) is 34.1 Å². The van der Waals surface area contributed by atoms with Gasteiger partial charge in [0.05, 0.1) is 18.1 Å². The van der Waals surface area contributed by atoms with Gasteiger partial charge in [-0.1, -0.05) is 0 Å². The van der Waals surface area contributed by atoms with Gasteiger partial charge < -0.3 is 19.8 Å². The molecule has 1 aliphatic heterocycles. The van der Waals surface area contributed by atoms with Crippen LogP contribution in [0.2, 0.25) is 0 Å². The number of carbonyl (C=O) groups excluding carboxylic acids is 1. The molecule has 1 aliphatic rings. The Bertz CT molecular complexity index is 349. The van der Waals surface area contributed by atoms with Crippen LogP contribution in [0, 0.1) is 5.41 Å². The maximum Gasteiger partial charge on any atom is 0.410 e. The smallest absolute Gasteiger partial charge is 0.410 e. The number of carboxylic acids is 1. The van der Waals surface area contributed by atoms with E-state index in [1.165, 1.54) is 11.8 Å². The Morgan fingerprint density at radius 1 is 1.39 bits per heavy atom. The Morgan fingerprint density at radius 2 is 1.94 bits per heavy atom. The van der Waals surface area contributed by atoms with E-state index < -0.39 is 29.2 Å². The van der Waals surface area contributed by atoms with Gasteiger partial charge in [0.25, 0.3) is 0 Å². The van der Waals surface area contributed by atoms with E-state index in [9.17, 15) is 14.7 Å². The Labute approximate surface area is 107 Å². The highest BCUT2D eigenvalue weighted by Gasteiger charge is 2.46. The van der Waals surface area contributed by atoms with Crippen LogP contribution < -0.4 is 0 Å². The molecule has 1 rings (SSSR count). The molecule has 1 amide bonds. The lowest BCUT2D eigenvalue weighted by Crippen LogP contribution is -2.55. The van der Waals surface area contributed by atoms with E-state index in [0.717, 1.165) is 0 Å². The number of ether oxygens (including phenoxy) is 1. The van der Waals surface area contributed by atoms with Crippen LogP contribution in [0.25, 0.3) is 0 Å². The predicted octanol–water partition coefficient (Wildman–Crippen LogP) is 1.08. The molecule has 0 aromatic rings. The van der Waals surface area contributed by atoms with Gasteiger partial charge in [0.2, 0.25) is 0 Å². The van der Waals surface area contributed by atoms with Crippen molar-refractivity contribution in [3.05, 3.63) is 0 Å². The van der Waals surface area contributed by atoms with E-state index in [-0.39, 0.29) is 19.5 Å². The molecule has 1 saturated heterocycles. The fourth-order valence-electron chi connectivity index (χ4n) is 1.78. The Morgan fingerprint density at radius 3 is 2.33 bits per heavy atom. The molecule has 2 atom stereocenters. The molecule has 0 aromatic carbocycles. The highest BCUT2D eigenvalue weighted by atomic mass is 16.6. The standard InChI is InChI=1S/C12H21NO5/c1-11(2,3)18-10(17)13-6-5-12(4,9(15)16)8(14)7-13/h8,14H,5-7H2,1-4H3,(H,15,16)/t8-,12+/m0/s1. The van der Waals surface area contributed by atoms with Crippen LogP contribution in [-0.4, -0.2) is 52.0 Å². The molecule has 0 aliphatic carbocycles. The van der Waals surface area contributed by atoms with Crippen molar-refractivity contribution in [3.63, 3.8) is 0 Å². The van der Waals surface area contributed by atoms with Gasteiger partial charge in [-0.05, 0) is 34.1 Å². The quantitative estimate of drug-likeness (QED) is 0.735. The van der Waals surface area contributed by atoms with Crippen molar-refractivity contribution in [1.29, 1.82) is 0 Å². The third kappa shape index (κ3) is 3.13. The van der Waals surface area contributed by atoms with Crippen molar-refractivity contribution in [2.45, 2.75) is 45.8 Å². The average Bonchev–Trinajstić information content (AvgIpc) is 2.19. The van der Waals surface area contributed by atoms with Crippen molar-refractivity contribution < 1.29 is 24.5 Å². The van der Waals surface area contributed by atoms with Crippen LogP contribution in [0.5, 0.6) is 0 Å². The molecule has 2 N–H and O–H groups in total. The summed E-state index contributed by atoms with van der Waals surface area (Å²) >= 11 is 0. The Balaban J connectivity index is 2.67. The van der Waals surface area contributed by atoms with Gasteiger partial charge >= 0.3 is 12.1 Å². The summed E-state index contributed by atoms with van der Waals surface area (Å²) in [5, 5.41) is 19.0. The number of β-amino-alcohol motifs (C(OH)–C–C–N with tert-alkyl or cyclic N) is 1. The van der Waals surface area contributed by atoms with Crippen molar-refractivity contribution in [2.75, 3.05) is 13.1 Å². The summed E-state index contributed by atoms with van der Waals surface area (Å²) in [6.07, 6.45) is -1.40. The van der Waals surface area contributed by atoms with Gasteiger partial charge in [-0.15, -0.1) is 0 Å². The summed E-state index contributed by atoms with van der Waals surface area (Å²) in [4.78, 5) is 24.2. The molecular weight excluding hydrogens is 238 g/mol. The van der Waals surface area contributed by atoms with Gasteiger partial charge in [-0.3, -0.25) is 4.79 Å². The number of rotatable bonds is 1. The molecule has 18 heavy (non-hydrogen) atoms. The highest BCUT2D eigenvalue weighted by molar-refractivity contribution is 5.76. The number of nitrogens with zero attached hydrogens (tertiary/aromatic N) is 1. The zero-order chi connectivity index (χ0) is 14.1. The lowest BCUT2D eigenvalue weighted by Gasteiger charge is -2.40. The minimum atomic E-state index is -1.20. The molecule has 104 valence electrons. The second kappa shape index (κ2) is 4.76. The van der Waals surface area contributed by atoms with Crippen molar-refractivity contribution >= 4 is 12.1 Å². The lowest BCUT2D eigenvalue weighted by molar-refractivity contribution is -0.160. The summed E-state index contributed by atoms with van der Waals surface area (Å²) in [5.41, 5.74) is -1.80. The number of hydrogen-bond acceptors (Lipinski definition) is 4. The molecule has 0 spiro atoms. The van der Waals surface area contributed by atoms with Gasteiger partial charge in [0, 0.05) is 6.54 Å². The first kappa shape index (κ1) is 14.8. The molecule has 0 unspecified atom stereocenters. The molecule has 0 saturated carbocycles. The number of likely N-dealkylation sites (tertiary alicyclic amines) is 1. The minimum absolute atomic E-state index is 0.0162. The van der Waals surface area contributed by atoms with Crippen LogP contribution in [0.4, 0.5) is 4.79 Å². The second-order valence-electron chi connectivity index (χ2n) is 5.91. The maximum atomic E-state index is 11.8. The number of aliphatic carboxylic acids is 1. The third-order valence-electron chi connectivity index (χ3n) is 3.17. The molecule has 0 aromatic heterocycles. The van der Waals surface area contributed by atoms with Gasteiger partial charge in [-0.25, -0.2) is 4.79 Å². The fourth-order valence-corrected chi connectivity index (χ4v) is 1.78. The largest absolute Gasteiger partial charge is 0.481 e. The number of aliphatic hydroxyl groups is 1. The van der Waals surface area contributed by atoms with Gasteiger partial charge in [0.15, 0.2) is 0 Å². The third-order valence-corrected chi connectivity index (χ3v) is 3.17. The van der Waals surface area contributed by atoms with Gasteiger partial charge in [-0.2, -0.15) is 0 Å². The Hall–Kier alpha value is -1.30. The van der Waals surface area contributed by atoms with E-state index >= 15 is 0 Å². The number of aliphatic hydroxyl groups excluding tert-OH is 1. The van der Waals surface area contributed by atoms with E-state index in [1.807, 2.05) is 0 Å². The van der Waals surface area contributed by atoms with E-state index in [2.05, 4.69) is 0 Å². The minimum Gasteiger partial charge on any atom is -0.481 e. The number of piperidine rings is 1. The van der Waals surface area contributed by atoms with Crippen LogP contribution in [-0.2, 0) is 9.53 Å². The number of hydrogen-bond donors (Lipinski definition) is 2. The topological polar surface area (TPSA) is 87.1 Å². The molecule has 1 fully saturated rings. The van der Waals surface area contributed by atoms with Crippen molar-refractivity contribution in [1.82, 2.24) is 4.90 Å². The normalized spacial score (nSPS) is 28.9. The summed E-state index contributed by atoms with van der Waals surface area (Å²) in [6, 6.07) is 0. The summed E-state index contributed by atoms with van der Waals surface area (Å²) in [5.74, 6) is -1.04. The van der Waals surface area contributed by atoms with Crippen LogP contribution in [0.3, 0.4) is 0 Å². The Kier molecular flexibility index (Phi) is 3.90. The van der Waals surface area contributed by atoms with Crippen molar-refractivity contribution in [2.24, 2.45) is 5.41 Å². The number of carbonyl (C=O) groups is 2. The fraction of sp³-hybridized carbons (Fsp3) is 0.833. The monoisotopic (exact) mass is 259 g/mol. The summed E-state index contributed by atoms with van der Waals surface area (Å²) < 4.78 is 5.18. The van der Waals surface area contributed by atoms with Crippen LogP contribution in [0.15, 0.2) is 0 Å². The molecule has 1 heterocycles. The first-order valence-electron chi connectivity index (χ1n) is 5.95. The zero-order valence-electron chi connectivity index (χ0n) is 11.3. The molecule has 6 nitrogen and oxygen atoms in total. The SMILES string of the molecule is CC(C)(C)OC(=O)N1CC[C@@](C)(C(=O)O)[C@@H](O)C1. The van der Waals surface area contributed by atoms with Gasteiger partial charge in [0.1, 0.15) is 5.60 Å². The second-order valence-corrected chi connectivity index (χ2v) is 5.91. The average molecular weight is 259 g/mol. The first-order chi connectivity index (χ1) is 8.06. The van der Waals surface area contributed by atoms with Crippen LogP contribution >= 0.6 is 0 Å². The number of amides is 1. The molecule has 0 radical (unpaired) electrons. The maximum absolute atomic E-state index is 11.8. The van der Waals surface area contributed by atoms with E-state index in [1.54, 1.807) is 20.8 Å².